The Balaban J connectivity index is 1.69. The van der Waals surface area contributed by atoms with E-state index in [9.17, 15) is 4.79 Å². The maximum absolute atomic E-state index is 12.2. The zero-order chi connectivity index (χ0) is 28.7. The summed E-state index contributed by atoms with van der Waals surface area (Å²) in [5.41, 5.74) is 8.61. The summed E-state index contributed by atoms with van der Waals surface area (Å²) < 4.78 is 5.23. The minimum atomic E-state index is -0.165. The maximum atomic E-state index is 12.2. The van der Waals surface area contributed by atoms with E-state index in [1.54, 1.807) is 0 Å². The minimum Gasteiger partial charge on any atom is -0.463 e. The highest BCUT2D eigenvalue weighted by atomic mass is 16.5. The Hall–Kier alpha value is -3.40. The largest absolute Gasteiger partial charge is 0.463 e. The number of ether oxygens (including phenoxy) is 1. The fraction of sp³-hybridized carbons (Fsp3) is 0.444. The first-order valence-electron chi connectivity index (χ1n) is 15.1. The van der Waals surface area contributed by atoms with E-state index < -0.39 is 0 Å². The maximum Gasteiger partial charge on any atom is 0.333 e. The van der Waals surface area contributed by atoms with Gasteiger partial charge in [0.1, 0.15) is 0 Å². The summed E-state index contributed by atoms with van der Waals surface area (Å²) >= 11 is 0. The second kappa shape index (κ2) is 16.6. The van der Waals surface area contributed by atoms with Crippen LogP contribution in [0.4, 0.5) is 0 Å². The number of hydrogen-bond donors (Lipinski definition) is 0. The summed E-state index contributed by atoms with van der Waals surface area (Å²) in [6.45, 7) is 10.8. The molecule has 0 saturated carbocycles. The lowest BCUT2D eigenvalue weighted by Crippen LogP contribution is -2.29. The zero-order valence-corrected chi connectivity index (χ0v) is 25.3. The van der Waals surface area contributed by atoms with Crippen molar-refractivity contribution in [3.63, 3.8) is 0 Å². The zero-order valence-electron chi connectivity index (χ0n) is 25.3. The van der Waals surface area contributed by atoms with Crippen LogP contribution in [0.25, 0.3) is 11.6 Å². The molecule has 1 aliphatic heterocycles. The summed E-state index contributed by atoms with van der Waals surface area (Å²) in [5.74, 6) is 0.147. The minimum absolute atomic E-state index is 0.165. The molecule has 1 aromatic rings. The number of hydrogen-bond acceptors (Lipinski definition) is 4. The highest BCUT2D eigenvalue weighted by molar-refractivity contribution is 5.88. The predicted molar refractivity (Wildman–Crippen MR) is 171 cm³/mol. The van der Waals surface area contributed by atoms with E-state index in [1.165, 1.54) is 46.4 Å². The van der Waals surface area contributed by atoms with E-state index in [2.05, 4.69) is 97.5 Å². The third-order valence-electron chi connectivity index (χ3n) is 7.48. The molecule has 0 fully saturated rings. The van der Waals surface area contributed by atoms with E-state index in [1.807, 2.05) is 20.2 Å². The van der Waals surface area contributed by atoms with E-state index in [-0.39, 0.29) is 5.97 Å². The number of rotatable bonds is 12. The second-order valence-corrected chi connectivity index (χ2v) is 10.7. The monoisotopic (exact) mass is 540 g/mol. The lowest BCUT2D eigenvalue weighted by atomic mass is 9.99. The van der Waals surface area contributed by atoms with Gasteiger partial charge in [-0.3, -0.25) is 4.99 Å². The third-order valence-corrected chi connectivity index (χ3v) is 7.48. The molecule has 1 unspecified atom stereocenters. The Kier molecular flexibility index (Phi) is 13.0. The molecule has 4 heteroatoms. The molecule has 1 atom stereocenters. The molecular weight excluding hydrogens is 492 g/mol. The van der Waals surface area contributed by atoms with E-state index in [4.69, 9.17) is 4.74 Å². The third kappa shape index (κ3) is 9.36. The molecule has 0 saturated heterocycles. The van der Waals surface area contributed by atoms with Gasteiger partial charge in [-0.05, 0) is 86.8 Å². The summed E-state index contributed by atoms with van der Waals surface area (Å²) in [7, 11) is 1.81. The van der Waals surface area contributed by atoms with Crippen LogP contribution in [-0.2, 0) is 9.53 Å². The van der Waals surface area contributed by atoms with Crippen LogP contribution in [0.5, 0.6) is 0 Å². The van der Waals surface area contributed by atoms with Gasteiger partial charge in [-0.2, -0.15) is 0 Å². The van der Waals surface area contributed by atoms with Crippen LogP contribution in [0, 0.1) is 5.92 Å². The lowest BCUT2D eigenvalue weighted by Gasteiger charge is -2.31. The summed E-state index contributed by atoms with van der Waals surface area (Å²) in [5, 5.41) is 0. The predicted octanol–water partition coefficient (Wildman–Crippen LogP) is 8.75. The molecule has 2 aliphatic rings. The van der Waals surface area contributed by atoms with Gasteiger partial charge in [-0.25, -0.2) is 4.79 Å². The smallest absolute Gasteiger partial charge is 0.333 e. The van der Waals surface area contributed by atoms with Gasteiger partial charge in [-0.15, -0.1) is 0 Å². The van der Waals surface area contributed by atoms with Gasteiger partial charge in [0, 0.05) is 43.5 Å². The van der Waals surface area contributed by atoms with Crippen LogP contribution in [0.15, 0.2) is 88.1 Å². The number of carbonyl (C=O) groups is 1. The summed E-state index contributed by atoms with van der Waals surface area (Å²) in [6.07, 6.45) is 24.8. The molecule has 214 valence electrons. The van der Waals surface area contributed by atoms with Crippen molar-refractivity contribution in [3.8, 4) is 0 Å². The molecular formula is C36H48N2O2. The first-order valence-corrected chi connectivity index (χ1v) is 15.1. The van der Waals surface area contributed by atoms with Gasteiger partial charge in [0.25, 0.3) is 0 Å². The number of allylic oxidation sites excluding steroid dienone is 8. The Morgan fingerprint density at radius 1 is 1.15 bits per heavy atom. The van der Waals surface area contributed by atoms with Crippen molar-refractivity contribution in [1.29, 1.82) is 0 Å². The fourth-order valence-corrected chi connectivity index (χ4v) is 5.37. The molecule has 1 aliphatic carbocycles. The van der Waals surface area contributed by atoms with Crippen molar-refractivity contribution in [3.05, 3.63) is 94.3 Å². The number of unbranched alkanes of at least 4 members (excludes halogenated alkanes) is 1. The van der Waals surface area contributed by atoms with Crippen LogP contribution in [0.1, 0.15) is 83.8 Å². The van der Waals surface area contributed by atoms with Crippen molar-refractivity contribution in [2.24, 2.45) is 10.9 Å². The highest BCUT2D eigenvalue weighted by Crippen LogP contribution is 2.36. The average molecular weight is 541 g/mol. The average Bonchev–Trinajstić information content (AvgIpc) is 3.31. The van der Waals surface area contributed by atoms with Gasteiger partial charge < -0.3 is 9.64 Å². The van der Waals surface area contributed by atoms with Gasteiger partial charge >= 0.3 is 5.97 Å². The molecule has 40 heavy (non-hydrogen) atoms. The molecule has 3 rings (SSSR count). The standard InChI is InChI=1S/C36H48N2O2/c1-6-13-28(3)14-9-8-10-15-30-18-20-31(21-19-30)33-26-29(4)34(27-33)35(22-23-37-5)38-24-11-16-32(17-12-25-38)36(39)40-7-2/h10,14-16,18-23,26-27,29H,6-9,11-13,17,24-25H2,1-5H3/b15-10+,28-14-,32-16-,35-22+,37-23-. The molecule has 0 spiro atoms. The van der Waals surface area contributed by atoms with Gasteiger partial charge in [0.2, 0.25) is 0 Å². The van der Waals surface area contributed by atoms with Crippen molar-refractivity contribution in [1.82, 2.24) is 4.90 Å². The van der Waals surface area contributed by atoms with E-state index in [0.29, 0.717) is 12.5 Å². The number of nitrogens with zero attached hydrogens (tertiary/aromatic N) is 2. The number of carbonyl (C=O) groups excluding carboxylic acids is 1. The van der Waals surface area contributed by atoms with Gasteiger partial charge in [0.05, 0.1) is 6.61 Å². The van der Waals surface area contributed by atoms with E-state index >= 15 is 0 Å². The van der Waals surface area contributed by atoms with Crippen LogP contribution in [0.3, 0.4) is 0 Å². The fourth-order valence-electron chi connectivity index (χ4n) is 5.37. The van der Waals surface area contributed by atoms with Gasteiger partial charge in [-0.1, -0.05) is 80.5 Å². The number of esters is 1. The molecule has 0 amide bonds. The second-order valence-electron chi connectivity index (χ2n) is 10.7. The SMILES string of the molecule is CCC/C(C)=C\CC/C=C/c1ccc(C2=CC(C)C(/C(=C\C=N/C)N3CC/C=C(\C(=O)OCC)CCC3)=C2)cc1. The highest BCUT2D eigenvalue weighted by Gasteiger charge is 2.24. The first-order chi connectivity index (χ1) is 19.5. The Labute approximate surface area is 242 Å². The number of benzene rings is 1. The van der Waals surface area contributed by atoms with Crippen LogP contribution in [0.2, 0.25) is 0 Å². The molecule has 0 aromatic heterocycles. The lowest BCUT2D eigenvalue weighted by molar-refractivity contribution is -0.138. The summed E-state index contributed by atoms with van der Waals surface area (Å²) in [4.78, 5) is 18.9. The van der Waals surface area contributed by atoms with Crippen molar-refractivity contribution in [2.75, 3.05) is 26.7 Å². The van der Waals surface area contributed by atoms with Crippen LogP contribution in [-0.4, -0.2) is 43.8 Å². The van der Waals surface area contributed by atoms with E-state index in [0.717, 1.165) is 50.8 Å². The first kappa shape index (κ1) is 31.1. The molecule has 0 radical (unpaired) electrons. The van der Waals surface area contributed by atoms with Gasteiger partial charge in [0.15, 0.2) is 0 Å². The summed E-state index contributed by atoms with van der Waals surface area (Å²) in [6, 6.07) is 8.90. The normalized spacial score (nSPS) is 20.3. The van der Waals surface area contributed by atoms with Crippen molar-refractivity contribution >= 4 is 23.8 Å². The quantitative estimate of drug-likeness (QED) is 0.115. The van der Waals surface area contributed by atoms with Crippen molar-refractivity contribution < 1.29 is 9.53 Å². The topological polar surface area (TPSA) is 41.9 Å². The molecule has 0 bridgehead atoms. The molecule has 4 nitrogen and oxygen atoms in total. The molecule has 1 aromatic carbocycles. The Bertz CT molecular complexity index is 1190. The Morgan fingerprint density at radius 2 is 1.95 bits per heavy atom. The number of aliphatic imine (C=N–C) groups is 1. The van der Waals surface area contributed by atoms with Crippen LogP contribution >= 0.6 is 0 Å². The van der Waals surface area contributed by atoms with Crippen molar-refractivity contribution in [2.45, 2.75) is 72.6 Å². The Morgan fingerprint density at radius 3 is 2.67 bits per heavy atom. The molecule has 1 heterocycles. The molecule has 0 N–H and O–H groups in total. The van der Waals surface area contributed by atoms with Crippen LogP contribution < -0.4 is 0 Å².